The fraction of sp³-hybridized carbons (Fsp3) is 0.227. The molecule has 0 atom stereocenters. The Balaban J connectivity index is 0.000000758. The van der Waals surface area contributed by atoms with Crippen molar-refractivity contribution in [2.45, 2.75) is 20.3 Å². The van der Waals surface area contributed by atoms with E-state index in [4.69, 9.17) is 9.47 Å². The molecule has 3 nitrogen and oxygen atoms in total. The van der Waals surface area contributed by atoms with Crippen LogP contribution in [0.25, 0.3) is 10.8 Å². The van der Waals surface area contributed by atoms with Crippen molar-refractivity contribution in [3.05, 3.63) is 70.8 Å². The van der Waals surface area contributed by atoms with Gasteiger partial charge in [-0.15, -0.1) is 0 Å². The van der Waals surface area contributed by atoms with Crippen molar-refractivity contribution in [3.63, 3.8) is 0 Å². The minimum atomic E-state index is 0.101. The molecule has 2 aliphatic rings. The van der Waals surface area contributed by atoms with Crippen LogP contribution in [0.15, 0.2) is 48.5 Å². The first-order chi connectivity index (χ1) is 12.3. The van der Waals surface area contributed by atoms with E-state index >= 15 is 0 Å². The van der Waals surface area contributed by atoms with Crippen molar-refractivity contribution in [2.24, 2.45) is 0 Å². The molecule has 1 aliphatic heterocycles. The molecule has 3 aromatic rings. The normalized spacial score (nSPS) is 14.2. The summed E-state index contributed by atoms with van der Waals surface area (Å²) in [6.07, 6.45) is 0.793. The molecule has 0 spiro atoms. The van der Waals surface area contributed by atoms with Crippen molar-refractivity contribution in [1.29, 1.82) is 0 Å². The summed E-state index contributed by atoms with van der Waals surface area (Å²) in [5.74, 6) is 1.58. The number of carbonyl (C=O) groups is 1. The minimum Gasteiger partial charge on any atom is -0.486 e. The van der Waals surface area contributed by atoms with Gasteiger partial charge in [0.15, 0.2) is 17.3 Å². The van der Waals surface area contributed by atoms with Crippen molar-refractivity contribution in [2.75, 3.05) is 13.2 Å². The van der Waals surface area contributed by atoms with Gasteiger partial charge in [0, 0.05) is 11.1 Å². The Labute approximate surface area is 147 Å². The molecule has 5 rings (SSSR count). The van der Waals surface area contributed by atoms with Gasteiger partial charge in [-0.2, -0.15) is 0 Å². The zero-order valence-corrected chi connectivity index (χ0v) is 14.5. The largest absolute Gasteiger partial charge is 0.486 e. The molecule has 126 valence electrons. The van der Waals surface area contributed by atoms with E-state index in [0.717, 1.165) is 50.9 Å². The zero-order chi connectivity index (χ0) is 17.4. The van der Waals surface area contributed by atoms with E-state index in [2.05, 4.69) is 12.1 Å². The van der Waals surface area contributed by atoms with Crippen molar-refractivity contribution in [3.8, 4) is 11.5 Å². The van der Waals surface area contributed by atoms with E-state index in [0.29, 0.717) is 13.2 Å². The van der Waals surface area contributed by atoms with Gasteiger partial charge in [0.25, 0.3) is 0 Å². The fourth-order valence-electron chi connectivity index (χ4n) is 3.56. The standard InChI is InChI=1S/C20H14O3.C2H6/c21-20-15-4-2-1-3-12(15)9-14-6-5-13-10-17-18(23-8-7-22-17)11-16(13)19(14)20;1-2/h1-6,10-11H,7-9H2;1-2H3. The number of ketones is 1. The van der Waals surface area contributed by atoms with Gasteiger partial charge in [-0.05, 0) is 40.5 Å². The van der Waals surface area contributed by atoms with Crippen LogP contribution >= 0.6 is 0 Å². The van der Waals surface area contributed by atoms with Crippen LogP contribution in [-0.2, 0) is 6.42 Å². The highest BCUT2D eigenvalue weighted by molar-refractivity contribution is 6.19. The minimum absolute atomic E-state index is 0.101. The number of fused-ring (bicyclic) bond motifs is 5. The third kappa shape index (κ3) is 2.47. The SMILES string of the molecule is CC.O=C1c2ccccc2Cc2ccc3cc4c(cc3c21)OCCO4. The second-order valence-electron chi connectivity index (χ2n) is 5.98. The van der Waals surface area contributed by atoms with Crippen LogP contribution in [0.3, 0.4) is 0 Å². The van der Waals surface area contributed by atoms with Crippen LogP contribution < -0.4 is 9.47 Å². The lowest BCUT2D eigenvalue weighted by molar-refractivity contribution is 0.103. The van der Waals surface area contributed by atoms with Gasteiger partial charge in [0.05, 0.1) is 0 Å². The molecule has 0 saturated carbocycles. The van der Waals surface area contributed by atoms with Crippen molar-refractivity contribution < 1.29 is 14.3 Å². The molecule has 0 saturated heterocycles. The molecule has 0 bridgehead atoms. The van der Waals surface area contributed by atoms with Crippen LogP contribution in [0.4, 0.5) is 0 Å². The van der Waals surface area contributed by atoms with E-state index in [-0.39, 0.29) is 5.78 Å². The summed E-state index contributed by atoms with van der Waals surface area (Å²) in [4.78, 5) is 13.0. The molecule has 0 N–H and O–H groups in total. The van der Waals surface area contributed by atoms with Gasteiger partial charge in [-0.25, -0.2) is 0 Å². The van der Waals surface area contributed by atoms with Gasteiger partial charge in [-0.3, -0.25) is 4.79 Å². The van der Waals surface area contributed by atoms with Crippen molar-refractivity contribution in [1.82, 2.24) is 0 Å². The second-order valence-corrected chi connectivity index (χ2v) is 5.98. The van der Waals surface area contributed by atoms with E-state index < -0.39 is 0 Å². The van der Waals surface area contributed by atoms with Crippen LogP contribution in [0.5, 0.6) is 11.5 Å². The summed E-state index contributed by atoms with van der Waals surface area (Å²) in [5, 5.41) is 1.96. The Kier molecular flexibility index (Phi) is 3.92. The Morgan fingerprint density at radius 2 is 1.56 bits per heavy atom. The number of rotatable bonds is 0. The van der Waals surface area contributed by atoms with Crippen LogP contribution in [0.1, 0.15) is 40.9 Å². The first-order valence-electron chi connectivity index (χ1n) is 8.79. The zero-order valence-electron chi connectivity index (χ0n) is 14.5. The molecule has 0 unspecified atom stereocenters. The van der Waals surface area contributed by atoms with E-state index in [1.807, 2.05) is 50.2 Å². The number of hydrogen-bond donors (Lipinski definition) is 0. The predicted octanol–water partition coefficient (Wildman–Crippen LogP) is 4.77. The summed E-state index contributed by atoms with van der Waals surface area (Å²) in [5.41, 5.74) is 3.79. The maximum Gasteiger partial charge on any atom is 0.194 e. The van der Waals surface area contributed by atoms with Crippen molar-refractivity contribution >= 4 is 16.6 Å². The smallest absolute Gasteiger partial charge is 0.194 e. The molecule has 3 heteroatoms. The summed E-state index contributed by atoms with van der Waals surface area (Å²) in [6.45, 7) is 5.11. The average Bonchev–Trinajstić information content (AvgIpc) is 2.68. The first-order valence-corrected chi connectivity index (χ1v) is 8.79. The third-order valence-corrected chi connectivity index (χ3v) is 4.64. The number of carbonyl (C=O) groups excluding carboxylic acids is 1. The number of ether oxygens (including phenoxy) is 2. The third-order valence-electron chi connectivity index (χ3n) is 4.64. The van der Waals surface area contributed by atoms with Gasteiger partial charge in [-0.1, -0.05) is 50.2 Å². The Bertz CT molecular complexity index is 972. The summed E-state index contributed by atoms with van der Waals surface area (Å²) in [6, 6.07) is 15.9. The molecule has 0 amide bonds. The van der Waals surface area contributed by atoms with Gasteiger partial charge in [0.1, 0.15) is 13.2 Å². The highest BCUT2D eigenvalue weighted by atomic mass is 16.6. The number of hydrogen-bond acceptors (Lipinski definition) is 3. The molecule has 1 aliphatic carbocycles. The van der Waals surface area contributed by atoms with E-state index in [9.17, 15) is 4.79 Å². The van der Waals surface area contributed by atoms with E-state index in [1.54, 1.807) is 0 Å². The highest BCUT2D eigenvalue weighted by Gasteiger charge is 2.26. The lowest BCUT2D eigenvalue weighted by Gasteiger charge is -2.23. The predicted molar refractivity (Wildman–Crippen MR) is 99.0 cm³/mol. The fourth-order valence-corrected chi connectivity index (χ4v) is 3.56. The summed E-state index contributed by atoms with van der Waals surface area (Å²) >= 11 is 0. The van der Waals surface area contributed by atoms with Crippen LogP contribution in [0.2, 0.25) is 0 Å². The first kappa shape index (κ1) is 15.7. The molecule has 0 aromatic heterocycles. The molecule has 0 radical (unpaired) electrons. The maximum absolute atomic E-state index is 13.0. The lowest BCUT2D eigenvalue weighted by atomic mass is 9.82. The molecule has 3 aromatic carbocycles. The van der Waals surface area contributed by atoms with Crippen LogP contribution in [-0.4, -0.2) is 19.0 Å². The lowest BCUT2D eigenvalue weighted by Crippen LogP contribution is -2.17. The van der Waals surface area contributed by atoms with E-state index in [1.165, 1.54) is 0 Å². The summed E-state index contributed by atoms with van der Waals surface area (Å²) in [7, 11) is 0. The topological polar surface area (TPSA) is 35.5 Å². The molecule has 0 fully saturated rings. The Morgan fingerprint density at radius 3 is 2.36 bits per heavy atom. The van der Waals surface area contributed by atoms with Gasteiger partial charge >= 0.3 is 0 Å². The highest BCUT2D eigenvalue weighted by Crippen LogP contribution is 2.39. The Hall–Kier alpha value is -2.81. The molecule has 1 heterocycles. The maximum atomic E-state index is 13.0. The number of benzene rings is 3. The van der Waals surface area contributed by atoms with Crippen LogP contribution in [0, 0.1) is 0 Å². The van der Waals surface area contributed by atoms with Gasteiger partial charge < -0.3 is 9.47 Å². The average molecular weight is 332 g/mol. The molecular formula is C22H20O3. The Morgan fingerprint density at radius 1 is 0.840 bits per heavy atom. The molecular weight excluding hydrogens is 312 g/mol. The second kappa shape index (κ2) is 6.25. The summed E-state index contributed by atoms with van der Waals surface area (Å²) < 4.78 is 11.3. The van der Waals surface area contributed by atoms with Gasteiger partial charge in [0.2, 0.25) is 0 Å². The monoisotopic (exact) mass is 332 g/mol. The quantitative estimate of drug-likeness (QED) is 0.465. The molecule has 25 heavy (non-hydrogen) atoms.